The molecular formula is C28H29NO2. The molecule has 3 heteroatoms. The summed E-state index contributed by atoms with van der Waals surface area (Å²) < 4.78 is 6.34. The molecule has 1 heterocycles. The third-order valence-electron chi connectivity index (χ3n) is 7.43. The highest BCUT2D eigenvalue weighted by Crippen LogP contribution is 2.60. The first kappa shape index (κ1) is 20.0. The molecule has 2 bridgehead atoms. The van der Waals surface area contributed by atoms with Crippen LogP contribution in [0.1, 0.15) is 66.7 Å². The molecule has 0 saturated heterocycles. The van der Waals surface area contributed by atoms with Crippen molar-refractivity contribution in [1.29, 1.82) is 0 Å². The van der Waals surface area contributed by atoms with Crippen molar-refractivity contribution in [3.05, 3.63) is 95.3 Å². The lowest BCUT2D eigenvalue weighted by Crippen LogP contribution is -2.34. The molecule has 31 heavy (non-hydrogen) atoms. The fourth-order valence-corrected chi connectivity index (χ4v) is 5.95. The number of aldehydes is 1. The van der Waals surface area contributed by atoms with Crippen LogP contribution in [-0.2, 0) is 11.0 Å². The van der Waals surface area contributed by atoms with Crippen LogP contribution in [0, 0.1) is 11.8 Å². The van der Waals surface area contributed by atoms with Gasteiger partial charge in [0, 0.05) is 17.2 Å². The average molecular weight is 412 g/mol. The molecule has 158 valence electrons. The van der Waals surface area contributed by atoms with E-state index in [4.69, 9.17) is 4.74 Å². The molecule has 0 N–H and O–H groups in total. The fraction of sp³-hybridized carbons (Fsp3) is 0.357. The second kappa shape index (κ2) is 7.64. The summed E-state index contributed by atoms with van der Waals surface area (Å²) in [6.07, 6.45) is 7.85. The van der Waals surface area contributed by atoms with Crippen LogP contribution in [-0.4, -0.2) is 11.3 Å². The van der Waals surface area contributed by atoms with Crippen LogP contribution in [0.2, 0.25) is 0 Å². The van der Waals surface area contributed by atoms with Gasteiger partial charge < -0.3 is 4.74 Å². The van der Waals surface area contributed by atoms with Crippen molar-refractivity contribution in [1.82, 2.24) is 4.98 Å². The summed E-state index contributed by atoms with van der Waals surface area (Å²) in [5, 5.41) is 0. The van der Waals surface area contributed by atoms with E-state index in [1.165, 1.54) is 36.8 Å². The van der Waals surface area contributed by atoms with E-state index in [1.807, 2.05) is 30.3 Å². The first-order valence-corrected chi connectivity index (χ1v) is 11.3. The summed E-state index contributed by atoms with van der Waals surface area (Å²) in [5.41, 5.74) is 3.90. The Morgan fingerprint density at radius 3 is 2.23 bits per heavy atom. The molecule has 2 saturated carbocycles. The van der Waals surface area contributed by atoms with Gasteiger partial charge in [-0.25, -0.2) is 0 Å². The summed E-state index contributed by atoms with van der Waals surface area (Å²) in [4.78, 5) is 15.6. The smallest absolute Gasteiger partial charge is 0.150 e. The lowest BCUT2D eigenvalue weighted by atomic mass is 9.64. The van der Waals surface area contributed by atoms with E-state index in [9.17, 15) is 4.79 Å². The Labute approximate surface area is 184 Å². The second-order valence-corrected chi connectivity index (χ2v) is 9.64. The Morgan fingerprint density at radius 1 is 0.968 bits per heavy atom. The quantitative estimate of drug-likeness (QED) is 0.446. The van der Waals surface area contributed by atoms with E-state index in [1.54, 1.807) is 6.20 Å². The second-order valence-electron chi connectivity index (χ2n) is 9.64. The zero-order chi connectivity index (χ0) is 21.5. The molecule has 0 aliphatic heterocycles. The molecule has 0 spiro atoms. The van der Waals surface area contributed by atoms with E-state index in [0.29, 0.717) is 5.92 Å². The number of hydrogen-bond donors (Lipinski definition) is 0. The van der Waals surface area contributed by atoms with Crippen molar-refractivity contribution in [3.8, 4) is 5.75 Å². The molecule has 2 aliphatic rings. The average Bonchev–Trinajstić information content (AvgIpc) is 3.42. The third-order valence-corrected chi connectivity index (χ3v) is 7.43. The van der Waals surface area contributed by atoms with Crippen LogP contribution in [0.15, 0.2) is 72.9 Å². The van der Waals surface area contributed by atoms with Gasteiger partial charge in [0.2, 0.25) is 0 Å². The van der Waals surface area contributed by atoms with Gasteiger partial charge in [-0.1, -0.05) is 48.9 Å². The van der Waals surface area contributed by atoms with Crippen LogP contribution < -0.4 is 4.74 Å². The lowest BCUT2D eigenvalue weighted by Gasteiger charge is -2.39. The molecule has 2 fully saturated rings. The Hall–Kier alpha value is -2.94. The number of pyridine rings is 1. The number of fused-ring (bicyclic) bond motifs is 2. The number of ether oxygens (including phenoxy) is 1. The minimum absolute atomic E-state index is 0.0410. The Bertz CT molecular complexity index is 1060. The number of hydrogen-bond acceptors (Lipinski definition) is 3. The van der Waals surface area contributed by atoms with Gasteiger partial charge in [-0.15, -0.1) is 0 Å². The van der Waals surface area contributed by atoms with Crippen molar-refractivity contribution in [2.45, 2.75) is 50.5 Å². The van der Waals surface area contributed by atoms with Gasteiger partial charge in [0.25, 0.3) is 0 Å². The van der Waals surface area contributed by atoms with E-state index in [0.717, 1.165) is 29.2 Å². The van der Waals surface area contributed by atoms with Gasteiger partial charge in [-0.3, -0.25) is 9.78 Å². The Kier molecular flexibility index (Phi) is 4.92. The van der Waals surface area contributed by atoms with Crippen molar-refractivity contribution >= 4 is 6.29 Å². The lowest BCUT2D eigenvalue weighted by molar-refractivity contribution is 0.104. The minimum atomic E-state index is -0.502. The topological polar surface area (TPSA) is 39.2 Å². The molecule has 3 atom stereocenters. The number of carbonyl (C=O) groups is 1. The monoisotopic (exact) mass is 411 g/mol. The molecule has 0 amide bonds. The molecule has 3 nitrogen and oxygen atoms in total. The van der Waals surface area contributed by atoms with Crippen molar-refractivity contribution < 1.29 is 9.53 Å². The number of nitrogens with zero attached hydrogens (tertiary/aromatic N) is 1. The maximum Gasteiger partial charge on any atom is 0.150 e. The molecule has 5 rings (SSSR count). The summed E-state index contributed by atoms with van der Waals surface area (Å²) in [7, 11) is 0. The van der Waals surface area contributed by atoms with Crippen LogP contribution >= 0.6 is 0 Å². The predicted octanol–water partition coefficient (Wildman–Crippen LogP) is 6.31. The fourth-order valence-electron chi connectivity index (χ4n) is 5.95. The molecule has 2 aliphatic carbocycles. The Balaban J connectivity index is 1.47. The van der Waals surface area contributed by atoms with Crippen LogP contribution in [0.5, 0.6) is 5.75 Å². The van der Waals surface area contributed by atoms with Gasteiger partial charge in [0.05, 0.1) is 5.69 Å². The van der Waals surface area contributed by atoms with Crippen molar-refractivity contribution in [3.63, 3.8) is 0 Å². The van der Waals surface area contributed by atoms with Gasteiger partial charge >= 0.3 is 0 Å². The van der Waals surface area contributed by atoms with E-state index in [2.05, 4.69) is 55.2 Å². The van der Waals surface area contributed by atoms with Crippen LogP contribution in [0.25, 0.3) is 0 Å². The molecular weight excluding hydrogens is 382 g/mol. The van der Waals surface area contributed by atoms with Gasteiger partial charge in [-0.05, 0) is 80.3 Å². The highest BCUT2D eigenvalue weighted by Gasteiger charge is 2.52. The summed E-state index contributed by atoms with van der Waals surface area (Å²) in [6.45, 7) is 4.10. The number of aromatic nitrogens is 1. The molecule has 1 aromatic heterocycles. The maximum absolute atomic E-state index is 11.2. The molecule has 1 unspecified atom stereocenters. The Morgan fingerprint density at radius 2 is 1.68 bits per heavy atom. The first-order chi connectivity index (χ1) is 15.0. The zero-order valence-corrected chi connectivity index (χ0v) is 18.3. The van der Waals surface area contributed by atoms with Gasteiger partial charge in [-0.2, -0.15) is 0 Å². The number of benzene rings is 2. The molecule has 3 aromatic rings. The molecule has 2 aromatic carbocycles. The van der Waals surface area contributed by atoms with Crippen molar-refractivity contribution in [2.75, 3.05) is 0 Å². The first-order valence-electron chi connectivity index (χ1n) is 11.3. The summed E-state index contributed by atoms with van der Waals surface area (Å²) in [5.74, 6) is 2.32. The molecule has 0 radical (unpaired) electrons. The van der Waals surface area contributed by atoms with Crippen molar-refractivity contribution in [2.24, 2.45) is 11.8 Å². The minimum Gasteiger partial charge on any atom is -0.482 e. The highest BCUT2D eigenvalue weighted by atomic mass is 16.5. The maximum atomic E-state index is 11.2. The van der Waals surface area contributed by atoms with E-state index < -0.39 is 5.60 Å². The van der Waals surface area contributed by atoms with E-state index >= 15 is 0 Å². The largest absolute Gasteiger partial charge is 0.482 e. The SMILES string of the molecule is CC(C)(Oc1ccc([C@@]2(c3ccc(C=O)cc3)CC3CC[C@@H]2C3)cc1)c1ccccn1. The summed E-state index contributed by atoms with van der Waals surface area (Å²) >= 11 is 0. The number of rotatable bonds is 6. The summed E-state index contributed by atoms with van der Waals surface area (Å²) in [6, 6.07) is 22.9. The number of carbonyl (C=O) groups excluding carboxylic acids is 1. The normalized spacial score (nSPS) is 24.8. The van der Waals surface area contributed by atoms with Crippen LogP contribution in [0.4, 0.5) is 0 Å². The predicted molar refractivity (Wildman–Crippen MR) is 122 cm³/mol. The standard InChI is InChI=1S/C28H29NO2/c1-27(2,26-5-3-4-16-29-26)31-25-14-12-23(13-15-25)28(18-21-8-11-24(28)17-21)22-9-6-20(19-30)7-10-22/h3-7,9-10,12-16,19,21,24H,8,11,17-18H2,1-2H3/t21?,24-,28+/m1/s1. The third kappa shape index (κ3) is 3.46. The van der Waals surface area contributed by atoms with E-state index in [-0.39, 0.29) is 5.41 Å². The zero-order valence-electron chi connectivity index (χ0n) is 18.3. The van der Waals surface area contributed by atoms with Gasteiger partial charge in [0.15, 0.2) is 0 Å². The van der Waals surface area contributed by atoms with Crippen LogP contribution in [0.3, 0.4) is 0 Å². The highest BCUT2D eigenvalue weighted by molar-refractivity contribution is 5.74. The van der Waals surface area contributed by atoms with Gasteiger partial charge in [0.1, 0.15) is 17.6 Å².